The Labute approximate surface area is 122 Å². The topological polar surface area (TPSA) is 153 Å². The number of aliphatic hydroxyl groups is 3. The van der Waals surface area contributed by atoms with Crippen molar-refractivity contribution in [1.82, 2.24) is 16.0 Å². The number of rotatable bonds is 9. The average Bonchev–Trinajstić information content (AvgIpc) is 3.34. The molecule has 0 amide bonds. The van der Waals surface area contributed by atoms with Gasteiger partial charge in [0.05, 0.1) is 25.2 Å². The molecule has 0 bridgehead atoms. The summed E-state index contributed by atoms with van der Waals surface area (Å²) in [6.45, 7) is 0.856. The largest absolute Gasteiger partial charge is 0.464 e. The quantitative estimate of drug-likeness (QED) is 0.189. The van der Waals surface area contributed by atoms with Crippen LogP contribution in [0.3, 0.4) is 0 Å². The van der Waals surface area contributed by atoms with Gasteiger partial charge in [-0.3, -0.25) is 4.79 Å². The van der Waals surface area contributed by atoms with E-state index < -0.39 is 30.7 Å². The lowest BCUT2D eigenvalue weighted by Crippen LogP contribution is -2.52. The molecule has 8 nitrogen and oxygen atoms in total. The first kappa shape index (κ1) is 15.1. The molecule has 3 atom stereocenters. The van der Waals surface area contributed by atoms with Crippen LogP contribution in [0.2, 0.25) is 0 Å². The second-order valence-electron chi connectivity index (χ2n) is 6.37. The zero-order chi connectivity index (χ0) is 15.1. The zero-order valence-corrected chi connectivity index (χ0v) is 11.8. The van der Waals surface area contributed by atoms with Crippen LogP contribution in [0.25, 0.3) is 0 Å². The van der Waals surface area contributed by atoms with E-state index in [-0.39, 0.29) is 30.7 Å². The molecule has 3 rings (SSSR count). The van der Waals surface area contributed by atoms with Gasteiger partial charge < -0.3 is 36.0 Å². The Morgan fingerprint density at radius 3 is 1.62 bits per heavy atom. The summed E-state index contributed by atoms with van der Waals surface area (Å²) in [5, 5.41) is 37.6. The molecule has 3 aliphatic heterocycles. The first-order valence-electron chi connectivity index (χ1n) is 7.33. The summed E-state index contributed by atoms with van der Waals surface area (Å²) < 4.78 is 5.41. The van der Waals surface area contributed by atoms with E-state index in [0.717, 1.165) is 19.6 Å². The molecule has 0 radical (unpaired) electrons. The van der Waals surface area contributed by atoms with Crippen LogP contribution < -0.4 is 16.0 Å². The van der Waals surface area contributed by atoms with E-state index in [0.29, 0.717) is 0 Å². The minimum atomic E-state index is -1.19. The highest BCUT2D eigenvalue weighted by Crippen LogP contribution is 2.44. The SMILES string of the molecule is O=C(OCC(CO)(CO)CO)C(C1CN1)(C1CN1)C1CN1. The Morgan fingerprint density at radius 2 is 1.33 bits per heavy atom. The van der Waals surface area contributed by atoms with Gasteiger partial charge in [-0.05, 0) is 0 Å². The third-order valence-corrected chi connectivity index (χ3v) is 4.82. The van der Waals surface area contributed by atoms with Crippen molar-refractivity contribution in [2.24, 2.45) is 10.8 Å². The summed E-state index contributed by atoms with van der Waals surface area (Å²) in [5.41, 5.74) is -1.82. The normalized spacial score (nSPS) is 33.2. The van der Waals surface area contributed by atoms with Gasteiger partial charge in [0.1, 0.15) is 12.0 Å². The first-order chi connectivity index (χ1) is 10.1. The molecule has 21 heavy (non-hydrogen) atoms. The van der Waals surface area contributed by atoms with Crippen LogP contribution in [-0.2, 0) is 9.53 Å². The molecule has 0 saturated carbocycles. The smallest absolute Gasteiger partial charge is 0.317 e. The van der Waals surface area contributed by atoms with E-state index in [4.69, 9.17) is 4.74 Å². The molecule has 3 aliphatic rings. The van der Waals surface area contributed by atoms with Crippen LogP contribution in [-0.4, -0.2) is 85.5 Å². The van der Waals surface area contributed by atoms with Gasteiger partial charge in [0.25, 0.3) is 0 Å². The molecule has 3 saturated heterocycles. The van der Waals surface area contributed by atoms with Gasteiger partial charge in [0.2, 0.25) is 0 Å². The van der Waals surface area contributed by atoms with Crippen LogP contribution in [0.4, 0.5) is 0 Å². The number of nitrogens with one attached hydrogen (secondary N) is 3. The van der Waals surface area contributed by atoms with Crippen LogP contribution >= 0.6 is 0 Å². The highest BCUT2D eigenvalue weighted by molar-refractivity contribution is 5.82. The lowest BCUT2D eigenvalue weighted by atomic mass is 9.76. The Bertz CT molecular complexity index is 363. The number of hydrogen-bond acceptors (Lipinski definition) is 8. The van der Waals surface area contributed by atoms with Crippen molar-refractivity contribution in [3.8, 4) is 0 Å². The van der Waals surface area contributed by atoms with E-state index in [1.807, 2.05) is 0 Å². The summed E-state index contributed by atoms with van der Waals surface area (Å²) in [5.74, 6) is -0.331. The number of aliphatic hydroxyl groups excluding tert-OH is 3. The third kappa shape index (κ3) is 2.56. The summed E-state index contributed by atoms with van der Waals surface area (Å²) in [6, 6.07) is 0.283. The standard InChI is InChI=1S/C13H23N3O5/c17-4-12(5-18,6-19)7-21-11(20)13(8-1-14-8,9-2-15-9)10-3-16-10/h8-10,14-19H,1-7H2. The maximum atomic E-state index is 12.7. The van der Waals surface area contributed by atoms with Gasteiger partial charge in [0, 0.05) is 37.8 Å². The maximum Gasteiger partial charge on any atom is 0.317 e. The van der Waals surface area contributed by atoms with E-state index in [1.54, 1.807) is 0 Å². The van der Waals surface area contributed by atoms with E-state index in [1.165, 1.54) is 0 Å². The van der Waals surface area contributed by atoms with Crippen molar-refractivity contribution in [2.45, 2.75) is 18.1 Å². The van der Waals surface area contributed by atoms with Crippen LogP contribution in [0, 0.1) is 10.8 Å². The monoisotopic (exact) mass is 301 g/mol. The molecule has 3 heterocycles. The van der Waals surface area contributed by atoms with Crippen molar-refractivity contribution in [3.63, 3.8) is 0 Å². The summed E-state index contributed by atoms with van der Waals surface area (Å²) in [6.07, 6.45) is 0. The van der Waals surface area contributed by atoms with Crippen molar-refractivity contribution in [3.05, 3.63) is 0 Å². The fourth-order valence-electron chi connectivity index (χ4n) is 2.98. The first-order valence-corrected chi connectivity index (χ1v) is 7.33. The highest BCUT2D eigenvalue weighted by atomic mass is 16.5. The molecule has 0 aromatic rings. The summed E-state index contributed by atoms with van der Waals surface area (Å²) in [7, 11) is 0. The third-order valence-electron chi connectivity index (χ3n) is 4.82. The molecular formula is C13H23N3O5. The molecule has 0 aromatic heterocycles. The fourth-order valence-corrected chi connectivity index (χ4v) is 2.98. The van der Waals surface area contributed by atoms with Crippen molar-refractivity contribution >= 4 is 5.97 Å². The van der Waals surface area contributed by atoms with Gasteiger partial charge in [0.15, 0.2) is 0 Å². The lowest BCUT2D eigenvalue weighted by molar-refractivity contribution is -0.163. The lowest BCUT2D eigenvalue weighted by Gasteiger charge is -2.33. The fraction of sp³-hybridized carbons (Fsp3) is 0.923. The van der Waals surface area contributed by atoms with Crippen molar-refractivity contribution in [2.75, 3.05) is 46.1 Å². The van der Waals surface area contributed by atoms with Gasteiger partial charge in [-0.1, -0.05) is 0 Å². The number of carbonyl (C=O) groups excluding carboxylic acids is 1. The number of carbonyl (C=O) groups is 1. The minimum Gasteiger partial charge on any atom is -0.464 e. The molecule has 3 unspecified atom stereocenters. The highest BCUT2D eigenvalue weighted by Gasteiger charge is 2.67. The average molecular weight is 301 g/mol. The summed E-state index contributed by atoms with van der Waals surface area (Å²) in [4.78, 5) is 12.7. The predicted octanol–water partition coefficient (Wildman–Crippen LogP) is -3.61. The Kier molecular flexibility index (Phi) is 3.93. The molecular weight excluding hydrogens is 278 g/mol. The zero-order valence-electron chi connectivity index (χ0n) is 11.8. The van der Waals surface area contributed by atoms with Crippen molar-refractivity contribution < 1.29 is 24.9 Å². The Hall–Kier alpha value is -0.770. The van der Waals surface area contributed by atoms with Gasteiger partial charge in [-0.2, -0.15) is 0 Å². The minimum absolute atomic E-state index is 0.0942. The molecule has 8 heteroatoms. The molecule has 0 aliphatic carbocycles. The van der Waals surface area contributed by atoms with Crippen LogP contribution in [0.1, 0.15) is 0 Å². The molecule has 3 fully saturated rings. The second-order valence-corrected chi connectivity index (χ2v) is 6.37. The van der Waals surface area contributed by atoms with Crippen LogP contribution in [0.5, 0.6) is 0 Å². The second kappa shape index (κ2) is 5.45. The van der Waals surface area contributed by atoms with Gasteiger partial charge in [-0.25, -0.2) is 0 Å². The van der Waals surface area contributed by atoms with Crippen molar-refractivity contribution in [1.29, 1.82) is 0 Å². The number of ether oxygens (including phenoxy) is 1. The predicted molar refractivity (Wildman–Crippen MR) is 72.5 cm³/mol. The molecule has 120 valence electrons. The molecule has 0 aromatic carbocycles. The Morgan fingerprint density at radius 1 is 0.952 bits per heavy atom. The van der Waals surface area contributed by atoms with Crippen LogP contribution in [0.15, 0.2) is 0 Å². The van der Waals surface area contributed by atoms with E-state index in [2.05, 4.69) is 16.0 Å². The Balaban J connectivity index is 1.70. The summed E-state index contributed by atoms with van der Waals surface area (Å²) >= 11 is 0. The molecule has 0 spiro atoms. The van der Waals surface area contributed by atoms with Gasteiger partial charge >= 0.3 is 5.97 Å². The van der Waals surface area contributed by atoms with Gasteiger partial charge in [-0.15, -0.1) is 0 Å². The van der Waals surface area contributed by atoms with E-state index >= 15 is 0 Å². The number of esters is 1. The maximum absolute atomic E-state index is 12.7. The molecule has 6 N–H and O–H groups in total. The number of hydrogen-bond donors (Lipinski definition) is 6. The van der Waals surface area contributed by atoms with E-state index in [9.17, 15) is 20.1 Å².